The van der Waals surface area contributed by atoms with Crippen LogP contribution in [0, 0.1) is 35.5 Å². The molecular formula is C27H38O12. The normalized spacial score (nSPS) is 29.8. The number of carboxylic acid groups (broad SMARTS) is 3. The minimum absolute atomic E-state index is 0.312. The van der Waals surface area contributed by atoms with Gasteiger partial charge >= 0.3 is 35.8 Å². The van der Waals surface area contributed by atoms with Crippen molar-refractivity contribution in [2.75, 3.05) is 13.2 Å². The van der Waals surface area contributed by atoms with Crippen molar-refractivity contribution in [1.29, 1.82) is 0 Å². The molecule has 0 aromatic heterocycles. The second-order valence-corrected chi connectivity index (χ2v) is 10.8. The molecule has 0 aliphatic heterocycles. The Labute approximate surface area is 226 Å². The summed E-state index contributed by atoms with van der Waals surface area (Å²) >= 11 is 0. The molecule has 0 aromatic carbocycles. The lowest BCUT2D eigenvalue weighted by Gasteiger charge is -2.30. The SMILES string of the molecule is O=C(O)C1CCCCC1C(=O)OCC(COC(=O)C1CCCCC1C(=O)O)OC(=O)C1CCCCC1C(=O)O. The van der Waals surface area contributed by atoms with Crippen molar-refractivity contribution in [2.24, 2.45) is 35.5 Å². The molecule has 0 amide bonds. The third-order valence-corrected chi connectivity index (χ3v) is 8.26. The van der Waals surface area contributed by atoms with Crippen molar-refractivity contribution < 1.29 is 58.3 Å². The van der Waals surface area contributed by atoms with E-state index in [4.69, 9.17) is 14.2 Å². The van der Waals surface area contributed by atoms with Crippen molar-refractivity contribution in [3.63, 3.8) is 0 Å². The van der Waals surface area contributed by atoms with E-state index in [0.717, 1.165) is 0 Å². The molecule has 3 N–H and O–H groups in total. The monoisotopic (exact) mass is 554 g/mol. The number of hydrogen-bond acceptors (Lipinski definition) is 9. The van der Waals surface area contributed by atoms with Gasteiger partial charge in [0, 0.05) is 0 Å². The average Bonchev–Trinajstić information content (AvgIpc) is 2.93. The third-order valence-electron chi connectivity index (χ3n) is 8.26. The molecular weight excluding hydrogens is 516 g/mol. The molecule has 3 saturated carbocycles. The van der Waals surface area contributed by atoms with Gasteiger partial charge in [0.15, 0.2) is 6.10 Å². The van der Waals surface area contributed by atoms with Gasteiger partial charge < -0.3 is 29.5 Å². The van der Waals surface area contributed by atoms with Crippen molar-refractivity contribution in [3.05, 3.63) is 0 Å². The van der Waals surface area contributed by atoms with Gasteiger partial charge in [0.05, 0.1) is 35.5 Å². The van der Waals surface area contributed by atoms with Crippen molar-refractivity contribution in [3.8, 4) is 0 Å². The second kappa shape index (κ2) is 14.3. The number of esters is 3. The van der Waals surface area contributed by atoms with E-state index in [1.807, 2.05) is 0 Å². The first-order chi connectivity index (χ1) is 18.6. The average molecular weight is 555 g/mol. The van der Waals surface area contributed by atoms with E-state index >= 15 is 0 Å². The molecule has 0 aromatic rings. The van der Waals surface area contributed by atoms with Crippen LogP contribution in [0.2, 0.25) is 0 Å². The first-order valence-electron chi connectivity index (χ1n) is 13.8. The zero-order valence-corrected chi connectivity index (χ0v) is 22.0. The van der Waals surface area contributed by atoms with E-state index in [1.54, 1.807) is 0 Å². The molecule has 12 nitrogen and oxygen atoms in total. The predicted octanol–water partition coefficient (Wildman–Crippen LogP) is 2.66. The van der Waals surface area contributed by atoms with Crippen LogP contribution in [0.25, 0.3) is 0 Å². The molecule has 6 atom stereocenters. The Hall–Kier alpha value is -3.18. The summed E-state index contributed by atoms with van der Waals surface area (Å²) in [5, 5.41) is 28.5. The molecule has 0 radical (unpaired) electrons. The quantitative estimate of drug-likeness (QED) is 0.250. The molecule has 3 fully saturated rings. The molecule has 0 bridgehead atoms. The maximum Gasteiger partial charge on any atom is 0.310 e. The summed E-state index contributed by atoms with van der Waals surface area (Å²) in [5.74, 6) is -10.9. The van der Waals surface area contributed by atoms with Crippen molar-refractivity contribution in [1.82, 2.24) is 0 Å². The molecule has 0 saturated heterocycles. The fourth-order valence-electron chi connectivity index (χ4n) is 6.06. The van der Waals surface area contributed by atoms with E-state index in [-0.39, 0.29) is 0 Å². The van der Waals surface area contributed by atoms with Gasteiger partial charge in [-0.1, -0.05) is 38.5 Å². The molecule has 0 heterocycles. The Morgan fingerprint density at radius 1 is 0.487 bits per heavy atom. The van der Waals surface area contributed by atoms with Crippen LogP contribution in [-0.2, 0) is 43.0 Å². The number of rotatable bonds is 11. The second-order valence-electron chi connectivity index (χ2n) is 10.8. The maximum absolute atomic E-state index is 13.0. The zero-order chi connectivity index (χ0) is 28.5. The summed E-state index contributed by atoms with van der Waals surface area (Å²) in [7, 11) is 0. The highest BCUT2D eigenvalue weighted by Crippen LogP contribution is 2.34. The highest BCUT2D eigenvalue weighted by atomic mass is 16.6. The Bertz CT molecular complexity index is 880. The van der Waals surface area contributed by atoms with Crippen LogP contribution >= 0.6 is 0 Å². The summed E-state index contributed by atoms with van der Waals surface area (Å²) in [5.41, 5.74) is 0. The summed E-state index contributed by atoms with van der Waals surface area (Å²) in [6, 6.07) is 0. The molecule has 12 heteroatoms. The van der Waals surface area contributed by atoms with Crippen molar-refractivity contribution in [2.45, 2.75) is 83.2 Å². The first-order valence-corrected chi connectivity index (χ1v) is 13.8. The minimum atomic E-state index is -1.26. The van der Waals surface area contributed by atoms with Crippen molar-refractivity contribution >= 4 is 35.8 Å². The molecule has 3 rings (SSSR count). The fourth-order valence-corrected chi connectivity index (χ4v) is 6.06. The Balaban J connectivity index is 1.68. The Morgan fingerprint density at radius 2 is 0.769 bits per heavy atom. The topological polar surface area (TPSA) is 191 Å². The third kappa shape index (κ3) is 8.15. The highest BCUT2D eigenvalue weighted by molar-refractivity contribution is 5.83. The largest absolute Gasteiger partial charge is 0.481 e. The Morgan fingerprint density at radius 3 is 1.08 bits per heavy atom. The van der Waals surface area contributed by atoms with Crippen LogP contribution in [0.3, 0.4) is 0 Å². The van der Waals surface area contributed by atoms with Crippen LogP contribution in [-0.4, -0.2) is 70.5 Å². The van der Waals surface area contributed by atoms with Gasteiger partial charge in [-0.2, -0.15) is 0 Å². The number of ether oxygens (including phenoxy) is 3. The van der Waals surface area contributed by atoms with E-state index in [1.165, 1.54) is 0 Å². The van der Waals surface area contributed by atoms with E-state index in [9.17, 15) is 44.1 Å². The Kier molecular flexibility index (Phi) is 11.1. The fraction of sp³-hybridized carbons (Fsp3) is 0.778. The van der Waals surface area contributed by atoms with Gasteiger partial charge in [0.2, 0.25) is 0 Å². The van der Waals surface area contributed by atoms with Gasteiger partial charge in [0.25, 0.3) is 0 Å². The lowest BCUT2D eigenvalue weighted by Crippen LogP contribution is -2.40. The van der Waals surface area contributed by atoms with Crippen LogP contribution in [0.5, 0.6) is 0 Å². The zero-order valence-electron chi connectivity index (χ0n) is 22.0. The van der Waals surface area contributed by atoms with E-state index in [0.29, 0.717) is 77.0 Å². The molecule has 3 aliphatic carbocycles. The molecule has 6 unspecified atom stereocenters. The molecule has 0 spiro atoms. The predicted molar refractivity (Wildman–Crippen MR) is 131 cm³/mol. The van der Waals surface area contributed by atoms with E-state index < -0.39 is 90.6 Å². The summed E-state index contributed by atoms with van der Waals surface area (Å²) in [6.45, 7) is -1.03. The number of aliphatic carboxylic acids is 3. The van der Waals surface area contributed by atoms with Crippen LogP contribution < -0.4 is 0 Å². The smallest absolute Gasteiger partial charge is 0.310 e. The lowest BCUT2D eigenvalue weighted by atomic mass is 9.79. The number of carbonyl (C=O) groups is 6. The van der Waals surface area contributed by atoms with E-state index in [2.05, 4.69) is 0 Å². The number of carboxylic acids is 3. The highest BCUT2D eigenvalue weighted by Gasteiger charge is 2.41. The molecule has 3 aliphatic rings. The van der Waals surface area contributed by atoms with Gasteiger partial charge in [-0.25, -0.2) is 0 Å². The number of hydrogen-bond donors (Lipinski definition) is 3. The van der Waals surface area contributed by atoms with Gasteiger partial charge in [-0.3, -0.25) is 28.8 Å². The minimum Gasteiger partial charge on any atom is -0.481 e. The summed E-state index contributed by atoms with van der Waals surface area (Å²) in [6.07, 6.45) is 4.76. The van der Waals surface area contributed by atoms with Crippen LogP contribution in [0.1, 0.15) is 77.0 Å². The lowest BCUT2D eigenvalue weighted by molar-refractivity contribution is -0.178. The maximum atomic E-state index is 13.0. The van der Waals surface area contributed by atoms with Gasteiger partial charge in [-0.15, -0.1) is 0 Å². The van der Waals surface area contributed by atoms with Gasteiger partial charge in [-0.05, 0) is 38.5 Å². The number of carbonyl (C=O) groups excluding carboxylic acids is 3. The molecule has 218 valence electrons. The summed E-state index contributed by atoms with van der Waals surface area (Å²) in [4.78, 5) is 73.4. The van der Waals surface area contributed by atoms with Gasteiger partial charge in [0.1, 0.15) is 13.2 Å². The van der Waals surface area contributed by atoms with Crippen LogP contribution in [0.15, 0.2) is 0 Å². The first kappa shape index (κ1) is 30.4. The standard InChI is InChI=1S/C27H38O12/c28-22(29)16-7-1-4-10-19(16)25(34)37-13-15(39-27(36)21-12-6-3-9-18(21)24(32)33)14-38-26(35)20-11-5-2-8-17(20)23(30)31/h15-21H,1-14H2,(H,28,29)(H,30,31)(H,32,33). The van der Waals surface area contributed by atoms with Crippen LogP contribution in [0.4, 0.5) is 0 Å². The molecule has 39 heavy (non-hydrogen) atoms. The summed E-state index contributed by atoms with van der Waals surface area (Å²) < 4.78 is 16.2.